The second-order valence-corrected chi connectivity index (χ2v) is 5.93. The van der Waals surface area contributed by atoms with E-state index in [2.05, 4.69) is 15.2 Å². The highest BCUT2D eigenvalue weighted by molar-refractivity contribution is 6.12. The molecule has 0 aliphatic rings. The Hall–Kier alpha value is -3.35. The van der Waals surface area contributed by atoms with Crippen molar-refractivity contribution in [3.05, 3.63) is 41.8 Å². The summed E-state index contributed by atoms with van der Waals surface area (Å²) >= 11 is 0. The number of rotatable bonds is 3. The number of ether oxygens (including phenoxy) is 2. The van der Waals surface area contributed by atoms with Gasteiger partial charge in [0.2, 0.25) is 0 Å². The number of aromatic amines is 1. The number of pyridine rings is 1. The fourth-order valence-corrected chi connectivity index (χ4v) is 3.14. The summed E-state index contributed by atoms with van der Waals surface area (Å²) in [6, 6.07) is 7.84. The smallest absolute Gasteiger partial charge is 0.182 e. The van der Waals surface area contributed by atoms with E-state index in [1.807, 2.05) is 19.1 Å². The molecule has 0 atom stereocenters. The molecular weight excluding hydrogens is 337 g/mol. The third kappa shape index (κ3) is 2.32. The van der Waals surface area contributed by atoms with Crippen molar-refractivity contribution >= 4 is 21.8 Å². The third-order valence-electron chi connectivity index (χ3n) is 4.42. The number of benzene rings is 2. The fourth-order valence-electron chi connectivity index (χ4n) is 3.14. The largest absolute Gasteiger partial charge is 0.505 e. The number of H-pyrrole nitrogens is 1. The molecule has 26 heavy (non-hydrogen) atoms. The first-order valence-electron chi connectivity index (χ1n) is 7.92. The Morgan fingerprint density at radius 1 is 1.04 bits per heavy atom. The first kappa shape index (κ1) is 16.1. The van der Waals surface area contributed by atoms with Crippen LogP contribution in [0.15, 0.2) is 30.3 Å². The molecule has 2 aromatic heterocycles. The summed E-state index contributed by atoms with van der Waals surface area (Å²) in [6.45, 7) is 1.91. The highest BCUT2D eigenvalue weighted by atomic mass is 19.1. The Labute approximate surface area is 148 Å². The molecule has 0 fully saturated rings. The lowest BCUT2D eigenvalue weighted by atomic mass is 10.00. The number of aromatic nitrogens is 3. The van der Waals surface area contributed by atoms with E-state index in [4.69, 9.17) is 9.47 Å². The molecule has 6 nitrogen and oxygen atoms in total. The fraction of sp³-hybridized carbons (Fsp3) is 0.158. The summed E-state index contributed by atoms with van der Waals surface area (Å²) in [7, 11) is 3.12. The second-order valence-electron chi connectivity index (χ2n) is 5.93. The van der Waals surface area contributed by atoms with Gasteiger partial charge in [-0.3, -0.25) is 5.10 Å². The zero-order valence-corrected chi connectivity index (χ0v) is 14.4. The second kappa shape index (κ2) is 5.87. The number of nitrogens with zero attached hydrogens (tertiary/aromatic N) is 2. The van der Waals surface area contributed by atoms with Crippen molar-refractivity contribution in [2.45, 2.75) is 6.92 Å². The summed E-state index contributed by atoms with van der Waals surface area (Å²) < 4.78 is 24.7. The van der Waals surface area contributed by atoms with E-state index < -0.39 is 11.6 Å². The van der Waals surface area contributed by atoms with E-state index in [0.29, 0.717) is 28.4 Å². The molecule has 2 heterocycles. The van der Waals surface area contributed by atoms with Crippen LogP contribution in [-0.4, -0.2) is 34.5 Å². The first-order valence-corrected chi connectivity index (χ1v) is 7.92. The quantitative estimate of drug-likeness (QED) is 0.583. The van der Waals surface area contributed by atoms with E-state index in [0.717, 1.165) is 21.9 Å². The van der Waals surface area contributed by atoms with Crippen LogP contribution in [-0.2, 0) is 0 Å². The van der Waals surface area contributed by atoms with Gasteiger partial charge in [-0.2, -0.15) is 5.10 Å². The zero-order chi connectivity index (χ0) is 18.4. The Balaban J connectivity index is 2.15. The summed E-state index contributed by atoms with van der Waals surface area (Å²) in [6.07, 6.45) is 0. The first-order chi connectivity index (χ1) is 12.5. The molecule has 0 saturated carbocycles. The Morgan fingerprint density at radius 3 is 2.38 bits per heavy atom. The summed E-state index contributed by atoms with van der Waals surface area (Å²) in [5, 5.41) is 19.2. The lowest BCUT2D eigenvalue weighted by Gasteiger charge is -2.13. The number of hydrogen-bond acceptors (Lipinski definition) is 5. The predicted molar refractivity (Wildman–Crippen MR) is 96.3 cm³/mol. The van der Waals surface area contributed by atoms with Crippen LogP contribution in [0.5, 0.6) is 17.2 Å². The van der Waals surface area contributed by atoms with Crippen LogP contribution in [0.3, 0.4) is 0 Å². The molecule has 0 amide bonds. The Bertz CT molecular complexity index is 1150. The van der Waals surface area contributed by atoms with Gasteiger partial charge in [0, 0.05) is 27.4 Å². The van der Waals surface area contributed by atoms with Crippen molar-refractivity contribution in [1.29, 1.82) is 0 Å². The van der Waals surface area contributed by atoms with Crippen LogP contribution in [0.25, 0.3) is 33.1 Å². The van der Waals surface area contributed by atoms with Gasteiger partial charge in [0.15, 0.2) is 28.7 Å². The number of fused-ring (bicyclic) bond motifs is 3. The predicted octanol–water partition coefficient (Wildman–Crippen LogP) is 3.95. The Morgan fingerprint density at radius 2 is 1.73 bits per heavy atom. The van der Waals surface area contributed by atoms with Crippen molar-refractivity contribution in [3.8, 4) is 28.5 Å². The molecular formula is C19H16FN3O3. The maximum atomic E-state index is 13.9. The highest BCUT2D eigenvalue weighted by Gasteiger charge is 2.18. The molecule has 2 N–H and O–H groups in total. The molecule has 0 radical (unpaired) electrons. The molecule has 0 aliphatic carbocycles. The van der Waals surface area contributed by atoms with Crippen LogP contribution in [0.2, 0.25) is 0 Å². The SMILES string of the molecule is COc1cc2c(-c3ccc(O)c(F)c3)nc3n[nH]c(C)c3c2cc1OC. The van der Waals surface area contributed by atoms with Gasteiger partial charge in [-0.15, -0.1) is 0 Å². The van der Waals surface area contributed by atoms with E-state index in [1.165, 1.54) is 12.1 Å². The van der Waals surface area contributed by atoms with Crippen LogP contribution in [0, 0.1) is 12.7 Å². The zero-order valence-electron chi connectivity index (χ0n) is 14.4. The standard InChI is InChI=1S/C19H16FN3O3/c1-9-17-11-7-15(25-2)16(26-3)8-12(11)18(21-19(17)23-22-9)10-4-5-14(24)13(20)6-10/h4-8,24H,1-3H3,(H,21,22,23). The molecule has 0 spiro atoms. The van der Waals surface area contributed by atoms with Gasteiger partial charge in [0.25, 0.3) is 0 Å². The maximum Gasteiger partial charge on any atom is 0.182 e. The summed E-state index contributed by atoms with van der Waals surface area (Å²) in [5.41, 5.74) is 2.46. The third-order valence-corrected chi connectivity index (χ3v) is 4.42. The van der Waals surface area contributed by atoms with Crippen LogP contribution in [0.4, 0.5) is 4.39 Å². The summed E-state index contributed by atoms with van der Waals surface area (Å²) in [4.78, 5) is 4.61. The van der Waals surface area contributed by atoms with Crippen molar-refractivity contribution in [2.75, 3.05) is 14.2 Å². The van der Waals surface area contributed by atoms with Gasteiger partial charge in [0.1, 0.15) is 0 Å². The van der Waals surface area contributed by atoms with Crippen molar-refractivity contribution < 1.29 is 19.0 Å². The van der Waals surface area contributed by atoms with Gasteiger partial charge in [0.05, 0.1) is 19.9 Å². The summed E-state index contributed by atoms with van der Waals surface area (Å²) in [5.74, 6) is 0.00367. The molecule has 0 aliphatic heterocycles. The minimum absolute atomic E-state index is 0.408. The van der Waals surface area contributed by atoms with Crippen LogP contribution >= 0.6 is 0 Å². The molecule has 7 heteroatoms. The minimum Gasteiger partial charge on any atom is -0.505 e. The number of halogens is 1. The Kier molecular flexibility index (Phi) is 3.64. The lowest BCUT2D eigenvalue weighted by Crippen LogP contribution is -1.94. The minimum atomic E-state index is -0.712. The number of aromatic hydroxyl groups is 1. The van der Waals surface area contributed by atoms with E-state index in [-0.39, 0.29) is 0 Å². The molecule has 0 saturated heterocycles. The van der Waals surface area contributed by atoms with Crippen LogP contribution < -0.4 is 9.47 Å². The number of phenolic OH excluding ortho intramolecular Hbond substituents is 1. The van der Waals surface area contributed by atoms with E-state index in [9.17, 15) is 9.50 Å². The number of nitrogens with one attached hydrogen (secondary N) is 1. The van der Waals surface area contributed by atoms with Gasteiger partial charge in [-0.25, -0.2) is 9.37 Å². The average molecular weight is 353 g/mol. The monoisotopic (exact) mass is 353 g/mol. The topological polar surface area (TPSA) is 80.3 Å². The van der Waals surface area contributed by atoms with Gasteiger partial charge >= 0.3 is 0 Å². The van der Waals surface area contributed by atoms with Gasteiger partial charge < -0.3 is 14.6 Å². The highest BCUT2D eigenvalue weighted by Crippen LogP contribution is 2.40. The molecule has 4 aromatic rings. The van der Waals surface area contributed by atoms with Crippen molar-refractivity contribution in [2.24, 2.45) is 0 Å². The van der Waals surface area contributed by atoms with Gasteiger partial charge in [-0.1, -0.05) is 0 Å². The van der Waals surface area contributed by atoms with Crippen LogP contribution in [0.1, 0.15) is 5.69 Å². The maximum absolute atomic E-state index is 13.9. The average Bonchev–Trinajstić information content (AvgIpc) is 3.03. The molecule has 0 bridgehead atoms. The number of phenols is 1. The number of hydrogen-bond donors (Lipinski definition) is 2. The molecule has 4 rings (SSSR count). The number of methoxy groups -OCH3 is 2. The van der Waals surface area contributed by atoms with Gasteiger partial charge in [-0.05, 0) is 37.3 Å². The molecule has 132 valence electrons. The molecule has 2 aromatic carbocycles. The van der Waals surface area contributed by atoms with E-state index >= 15 is 0 Å². The normalized spacial score (nSPS) is 11.2. The van der Waals surface area contributed by atoms with Crippen molar-refractivity contribution in [3.63, 3.8) is 0 Å². The van der Waals surface area contributed by atoms with Crippen molar-refractivity contribution in [1.82, 2.24) is 15.2 Å². The molecule has 0 unspecified atom stereocenters. The lowest BCUT2D eigenvalue weighted by molar-refractivity contribution is 0.356. The van der Waals surface area contributed by atoms with E-state index in [1.54, 1.807) is 20.3 Å². The number of aryl methyl sites for hydroxylation is 1.